The molecule has 4 aromatic rings. The fourth-order valence-electron chi connectivity index (χ4n) is 4.39. The number of aryl methyl sites for hydroxylation is 2. The highest BCUT2D eigenvalue weighted by Gasteiger charge is 2.31. The smallest absolute Gasteiger partial charge is 0.495 e. The van der Waals surface area contributed by atoms with Crippen molar-refractivity contribution in [3.8, 4) is 17.2 Å². The Balaban J connectivity index is 1.35. The summed E-state index contributed by atoms with van der Waals surface area (Å²) in [5.74, 6) is 1.80. The maximum absolute atomic E-state index is 12.5. The van der Waals surface area contributed by atoms with E-state index in [0.717, 1.165) is 47.7 Å². The fourth-order valence-corrected chi connectivity index (χ4v) is 4.39. The first-order valence-electron chi connectivity index (χ1n) is 11.5. The minimum atomic E-state index is -4.71. The Bertz CT molecular complexity index is 1390. The number of aromatic nitrogens is 5. The van der Waals surface area contributed by atoms with Crippen molar-refractivity contribution in [2.75, 3.05) is 7.11 Å². The van der Waals surface area contributed by atoms with Crippen molar-refractivity contribution in [3.63, 3.8) is 0 Å². The van der Waals surface area contributed by atoms with Gasteiger partial charge in [-0.1, -0.05) is 24.3 Å². The second-order valence-electron chi connectivity index (χ2n) is 8.55. The molecule has 2 aromatic carbocycles. The topological polar surface area (TPSA) is 67.0 Å². The molecular weight excluding hydrogens is 471 g/mol. The molecule has 0 saturated heterocycles. The summed E-state index contributed by atoms with van der Waals surface area (Å²) in [5.41, 5.74) is 3.61. The van der Waals surface area contributed by atoms with E-state index >= 15 is 0 Å². The van der Waals surface area contributed by atoms with E-state index in [1.807, 2.05) is 52.7 Å². The molecule has 1 aliphatic rings. The van der Waals surface area contributed by atoms with Gasteiger partial charge in [0.25, 0.3) is 0 Å². The number of rotatable bonds is 6. The first-order chi connectivity index (χ1) is 17.3. The molecule has 0 aliphatic carbocycles. The molecule has 36 heavy (non-hydrogen) atoms. The van der Waals surface area contributed by atoms with Crippen molar-refractivity contribution < 1.29 is 22.6 Å². The molecule has 2 aromatic heterocycles. The monoisotopic (exact) mass is 495 g/mol. The van der Waals surface area contributed by atoms with Crippen molar-refractivity contribution in [1.82, 2.24) is 24.3 Å². The number of nitrogens with zero attached hydrogens (tertiary/aromatic N) is 5. The van der Waals surface area contributed by atoms with Crippen LogP contribution < -0.4 is 9.47 Å². The molecule has 1 aliphatic heterocycles. The molecular formula is C26H24F3N5O2. The normalized spacial score (nSPS) is 15.8. The third-order valence-corrected chi connectivity index (χ3v) is 6.03. The molecule has 0 N–H and O–H groups in total. The molecule has 0 fully saturated rings. The summed E-state index contributed by atoms with van der Waals surface area (Å²) in [4.78, 5) is 8.99. The molecule has 0 radical (unpaired) electrons. The zero-order chi connectivity index (χ0) is 25.3. The minimum absolute atomic E-state index is 0.0497. The Kier molecular flexibility index (Phi) is 6.26. The Hall–Kier alpha value is -4.08. The lowest BCUT2D eigenvalue weighted by molar-refractivity contribution is -0.274. The molecule has 1 atom stereocenters. The highest BCUT2D eigenvalue weighted by molar-refractivity contribution is 5.69. The lowest BCUT2D eigenvalue weighted by atomic mass is 9.91. The second-order valence-corrected chi connectivity index (χ2v) is 8.55. The molecule has 3 heterocycles. The summed E-state index contributed by atoms with van der Waals surface area (Å²) in [6, 6.07) is 11.9. The van der Waals surface area contributed by atoms with Crippen LogP contribution in [0.25, 0.3) is 17.8 Å². The number of benzene rings is 2. The van der Waals surface area contributed by atoms with Gasteiger partial charge in [0.1, 0.15) is 17.3 Å². The van der Waals surface area contributed by atoms with Gasteiger partial charge >= 0.3 is 6.36 Å². The van der Waals surface area contributed by atoms with Gasteiger partial charge in [-0.2, -0.15) is 5.10 Å². The van der Waals surface area contributed by atoms with Crippen molar-refractivity contribution in [2.45, 2.75) is 38.6 Å². The van der Waals surface area contributed by atoms with E-state index in [9.17, 15) is 13.2 Å². The van der Waals surface area contributed by atoms with Gasteiger partial charge in [-0.3, -0.25) is 0 Å². The summed E-state index contributed by atoms with van der Waals surface area (Å²) in [6.45, 7) is 2.67. The van der Waals surface area contributed by atoms with Crippen molar-refractivity contribution in [2.24, 2.45) is 0 Å². The van der Waals surface area contributed by atoms with Crippen LogP contribution in [0.5, 0.6) is 11.5 Å². The SMILES string of the molecule is COc1cc(C=Cc2nc3n(n2)CCC[C@@H]3c2ccc(OC(F)(F)F)cc2)ccc1-n1cnc(C)c1. The number of ether oxygens (including phenoxy) is 2. The number of imidazole rings is 1. The largest absolute Gasteiger partial charge is 0.573 e. The first-order valence-corrected chi connectivity index (χ1v) is 11.5. The fraction of sp³-hybridized carbons (Fsp3) is 0.269. The molecule has 0 bridgehead atoms. The van der Waals surface area contributed by atoms with Crippen LogP contribution in [0.15, 0.2) is 55.0 Å². The van der Waals surface area contributed by atoms with Gasteiger partial charge in [-0.15, -0.1) is 13.2 Å². The van der Waals surface area contributed by atoms with Crippen LogP contribution in [0.4, 0.5) is 13.2 Å². The summed E-state index contributed by atoms with van der Waals surface area (Å²) >= 11 is 0. The molecule has 10 heteroatoms. The van der Waals surface area contributed by atoms with E-state index in [1.165, 1.54) is 12.1 Å². The lowest BCUT2D eigenvalue weighted by Crippen LogP contribution is -2.18. The average Bonchev–Trinajstić information content (AvgIpc) is 3.48. The number of halogens is 3. The van der Waals surface area contributed by atoms with E-state index in [4.69, 9.17) is 9.72 Å². The Morgan fingerprint density at radius 1 is 1.08 bits per heavy atom. The third-order valence-electron chi connectivity index (χ3n) is 6.03. The number of fused-ring (bicyclic) bond motifs is 1. The van der Waals surface area contributed by atoms with Crippen molar-refractivity contribution in [1.29, 1.82) is 0 Å². The highest BCUT2D eigenvalue weighted by Crippen LogP contribution is 2.34. The van der Waals surface area contributed by atoms with Crippen LogP contribution in [0.3, 0.4) is 0 Å². The second kappa shape index (κ2) is 9.52. The maximum atomic E-state index is 12.5. The zero-order valence-electron chi connectivity index (χ0n) is 19.7. The first kappa shape index (κ1) is 23.7. The number of methoxy groups -OCH3 is 1. The minimum Gasteiger partial charge on any atom is -0.495 e. The van der Waals surface area contributed by atoms with Gasteiger partial charge in [0, 0.05) is 18.7 Å². The number of alkyl halides is 3. The molecule has 0 spiro atoms. The van der Waals surface area contributed by atoms with Crippen LogP contribution >= 0.6 is 0 Å². The van der Waals surface area contributed by atoms with E-state index in [1.54, 1.807) is 25.6 Å². The summed E-state index contributed by atoms with van der Waals surface area (Å²) in [6.07, 6.45) is 4.47. The van der Waals surface area contributed by atoms with Crippen LogP contribution in [0.1, 0.15) is 47.2 Å². The van der Waals surface area contributed by atoms with E-state index in [-0.39, 0.29) is 11.7 Å². The van der Waals surface area contributed by atoms with Crippen molar-refractivity contribution >= 4 is 12.2 Å². The summed E-state index contributed by atoms with van der Waals surface area (Å²) in [5, 5.41) is 4.62. The molecule has 0 unspecified atom stereocenters. The predicted octanol–water partition coefficient (Wildman–Crippen LogP) is 5.78. The van der Waals surface area contributed by atoms with E-state index in [0.29, 0.717) is 11.6 Å². The average molecular weight is 496 g/mol. The Morgan fingerprint density at radius 2 is 1.89 bits per heavy atom. The standard InChI is InChI=1S/C26H24F3N5O2/c1-17-15-33(16-30-17)22-11-5-18(14-23(22)35-2)6-12-24-31-25-21(4-3-13-34(25)32-24)19-7-9-20(10-8-19)36-26(27,28)29/h5-12,14-16,21H,3-4,13H2,1-2H3/t21-/m1/s1. The van der Waals surface area contributed by atoms with E-state index in [2.05, 4.69) is 14.8 Å². The van der Waals surface area contributed by atoms with Crippen LogP contribution in [-0.2, 0) is 6.54 Å². The third kappa shape index (κ3) is 5.12. The van der Waals surface area contributed by atoms with Crippen LogP contribution in [-0.4, -0.2) is 37.8 Å². The zero-order valence-corrected chi connectivity index (χ0v) is 19.7. The van der Waals surface area contributed by atoms with Gasteiger partial charge in [0.05, 0.1) is 24.8 Å². The van der Waals surface area contributed by atoms with Gasteiger partial charge < -0.3 is 14.0 Å². The quantitative estimate of drug-likeness (QED) is 0.340. The van der Waals surface area contributed by atoms with Crippen LogP contribution in [0, 0.1) is 6.92 Å². The van der Waals surface area contributed by atoms with Crippen molar-refractivity contribution in [3.05, 3.63) is 83.5 Å². The Morgan fingerprint density at radius 3 is 2.58 bits per heavy atom. The van der Waals surface area contributed by atoms with Gasteiger partial charge in [0.15, 0.2) is 5.82 Å². The Labute approximate surface area is 205 Å². The summed E-state index contributed by atoms with van der Waals surface area (Å²) in [7, 11) is 1.63. The summed E-state index contributed by atoms with van der Waals surface area (Å²) < 4.78 is 50.8. The maximum Gasteiger partial charge on any atom is 0.573 e. The van der Waals surface area contributed by atoms with E-state index < -0.39 is 6.36 Å². The molecule has 0 saturated carbocycles. The van der Waals surface area contributed by atoms with Gasteiger partial charge in [-0.25, -0.2) is 14.6 Å². The molecule has 0 amide bonds. The lowest BCUT2D eigenvalue weighted by Gasteiger charge is -2.22. The highest BCUT2D eigenvalue weighted by atomic mass is 19.4. The van der Waals surface area contributed by atoms with Gasteiger partial charge in [-0.05, 0) is 61.2 Å². The molecule has 5 rings (SSSR count). The molecule has 7 nitrogen and oxygen atoms in total. The number of hydrogen-bond acceptors (Lipinski definition) is 5. The molecule has 186 valence electrons. The van der Waals surface area contributed by atoms with Crippen LogP contribution in [0.2, 0.25) is 0 Å². The predicted molar refractivity (Wildman–Crippen MR) is 128 cm³/mol. The van der Waals surface area contributed by atoms with Gasteiger partial charge in [0.2, 0.25) is 0 Å². The number of hydrogen-bond donors (Lipinski definition) is 0.